The number of aromatic nitrogens is 5. The molecule has 0 radical (unpaired) electrons. The van der Waals surface area contributed by atoms with E-state index in [1.54, 1.807) is 41.3 Å². The Morgan fingerprint density at radius 1 is 1.19 bits per heavy atom. The van der Waals surface area contributed by atoms with Crippen molar-refractivity contribution in [2.24, 2.45) is 7.05 Å². The first-order valence-electron chi connectivity index (χ1n) is 11.4. The summed E-state index contributed by atoms with van der Waals surface area (Å²) in [4.78, 5) is 15.3. The number of hydrogen-bond donors (Lipinski definition) is 1. The third-order valence-corrected chi connectivity index (χ3v) is 6.55. The normalized spacial score (nSPS) is 12.4. The fourth-order valence-electron chi connectivity index (χ4n) is 4.25. The second kappa shape index (κ2) is 9.79. The van der Waals surface area contributed by atoms with Crippen LogP contribution in [0, 0.1) is 5.82 Å². The monoisotopic (exact) mass is 549 g/mol. The Kier molecular flexibility index (Phi) is 6.55. The highest BCUT2D eigenvalue weighted by Gasteiger charge is 2.21. The molecule has 0 bridgehead atoms. The van der Waals surface area contributed by atoms with Crippen molar-refractivity contribution >= 4 is 49.2 Å². The highest BCUT2D eigenvalue weighted by Crippen LogP contribution is 2.42. The van der Waals surface area contributed by atoms with Gasteiger partial charge in [0, 0.05) is 42.5 Å². The first kappa shape index (κ1) is 24.1. The molecule has 1 N–H and O–H groups in total. The topological polar surface area (TPSA) is 81.0 Å². The standard InChI is InChI=1S/C26H25BrFN7O/c1-15(12-34(2)3)36-21-10-18(16-11-32-35(4)13-16)23(27)25-22(21)26(31-14-30-25)33-20-8-7-19-17(24(20)28)6-5-9-29-19/h5-11,13-15H,12H2,1-4H3,(H,30,31,33)/t15-/m1/s1. The van der Waals surface area contributed by atoms with Gasteiger partial charge in [-0.2, -0.15) is 5.10 Å². The number of rotatable bonds is 7. The number of fused-ring (bicyclic) bond motifs is 2. The second-order valence-electron chi connectivity index (χ2n) is 8.90. The third kappa shape index (κ3) is 4.61. The zero-order chi connectivity index (χ0) is 25.4. The summed E-state index contributed by atoms with van der Waals surface area (Å²) in [6, 6.07) is 8.80. The summed E-state index contributed by atoms with van der Waals surface area (Å²) in [5.74, 6) is 0.627. The van der Waals surface area contributed by atoms with Gasteiger partial charge < -0.3 is 15.0 Å². The molecule has 0 fully saturated rings. The van der Waals surface area contributed by atoms with E-state index in [2.05, 4.69) is 46.2 Å². The van der Waals surface area contributed by atoms with Crippen molar-refractivity contribution in [1.82, 2.24) is 29.6 Å². The second-order valence-corrected chi connectivity index (χ2v) is 9.69. The molecule has 36 heavy (non-hydrogen) atoms. The summed E-state index contributed by atoms with van der Waals surface area (Å²) in [7, 11) is 5.86. The zero-order valence-corrected chi connectivity index (χ0v) is 21.9. The molecule has 0 spiro atoms. The van der Waals surface area contributed by atoms with Crippen molar-refractivity contribution in [3.63, 3.8) is 0 Å². The number of aryl methyl sites for hydroxylation is 1. The van der Waals surface area contributed by atoms with E-state index in [1.165, 1.54) is 6.33 Å². The first-order valence-corrected chi connectivity index (χ1v) is 12.2. The molecule has 5 aromatic rings. The van der Waals surface area contributed by atoms with E-state index in [1.807, 2.05) is 40.3 Å². The van der Waals surface area contributed by atoms with Crippen LogP contribution in [0.15, 0.2) is 59.7 Å². The van der Waals surface area contributed by atoms with E-state index in [0.29, 0.717) is 39.9 Å². The number of nitrogens with zero attached hydrogens (tertiary/aromatic N) is 6. The number of halogens is 2. The number of hydrogen-bond acceptors (Lipinski definition) is 7. The van der Waals surface area contributed by atoms with Crippen molar-refractivity contribution in [3.05, 3.63) is 65.5 Å². The summed E-state index contributed by atoms with van der Waals surface area (Å²) >= 11 is 3.73. The van der Waals surface area contributed by atoms with Crippen LogP contribution in [-0.2, 0) is 7.05 Å². The lowest BCUT2D eigenvalue weighted by molar-refractivity contribution is 0.179. The molecule has 184 valence electrons. The van der Waals surface area contributed by atoms with Gasteiger partial charge in [0.25, 0.3) is 0 Å². The minimum atomic E-state index is -0.401. The van der Waals surface area contributed by atoms with Gasteiger partial charge in [0.15, 0.2) is 5.82 Å². The Morgan fingerprint density at radius 2 is 2.03 bits per heavy atom. The molecule has 0 amide bonds. The van der Waals surface area contributed by atoms with Crippen LogP contribution in [0.3, 0.4) is 0 Å². The molecule has 0 saturated heterocycles. The maximum atomic E-state index is 15.4. The van der Waals surface area contributed by atoms with E-state index in [0.717, 1.165) is 15.6 Å². The Labute approximate surface area is 216 Å². The quantitative estimate of drug-likeness (QED) is 0.285. The number of likely N-dealkylation sites (N-methyl/N-ethyl adjacent to an activating group) is 1. The van der Waals surface area contributed by atoms with Crippen LogP contribution < -0.4 is 10.1 Å². The maximum absolute atomic E-state index is 15.4. The summed E-state index contributed by atoms with van der Waals surface area (Å²) in [6.07, 6.45) is 6.69. The lowest BCUT2D eigenvalue weighted by atomic mass is 10.1. The van der Waals surface area contributed by atoms with Crippen molar-refractivity contribution in [3.8, 4) is 16.9 Å². The fourth-order valence-corrected chi connectivity index (χ4v) is 4.89. The van der Waals surface area contributed by atoms with Gasteiger partial charge in [-0.15, -0.1) is 0 Å². The summed E-state index contributed by atoms with van der Waals surface area (Å²) in [6.45, 7) is 2.72. The Morgan fingerprint density at radius 3 is 2.78 bits per heavy atom. The molecule has 0 aliphatic carbocycles. The highest BCUT2D eigenvalue weighted by molar-refractivity contribution is 9.10. The van der Waals surface area contributed by atoms with Gasteiger partial charge in [-0.25, -0.2) is 14.4 Å². The SMILES string of the molecule is C[C@H](CN(C)C)Oc1cc(-c2cnn(C)c2)c(Br)c2ncnc(Nc3ccc4ncccc4c3F)c12. The molecule has 0 aliphatic heterocycles. The number of ether oxygens (including phenoxy) is 1. The van der Waals surface area contributed by atoms with Crippen LogP contribution in [-0.4, -0.2) is 56.4 Å². The third-order valence-electron chi connectivity index (χ3n) is 5.75. The fraction of sp³-hybridized carbons (Fsp3) is 0.231. The van der Waals surface area contributed by atoms with Crippen LogP contribution in [0.1, 0.15) is 6.92 Å². The zero-order valence-electron chi connectivity index (χ0n) is 20.3. The number of pyridine rings is 1. The van der Waals surface area contributed by atoms with Crippen LogP contribution >= 0.6 is 15.9 Å². The van der Waals surface area contributed by atoms with Crippen molar-refractivity contribution in [1.29, 1.82) is 0 Å². The summed E-state index contributed by atoms with van der Waals surface area (Å²) < 4.78 is 24.3. The molecule has 8 nitrogen and oxygen atoms in total. The molecule has 5 rings (SSSR count). The van der Waals surface area contributed by atoms with Crippen molar-refractivity contribution < 1.29 is 9.13 Å². The van der Waals surface area contributed by atoms with Gasteiger partial charge in [-0.05, 0) is 67.3 Å². The van der Waals surface area contributed by atoms with Gasteiger partial charge in [-0.1, -0.05) is 0 Å². The molecular formula is C26H25BrFN7O. The Hall–Kier alpha value is -3.63. The van der Waals surface area contributed by atoms with Crippen LogP contribution in [0.4, 0.5) is 15.9 Å². The molecule has 3 aromatic heterocycles. The lowest BCUT2D eigenvalue weighted by Crippen LogP contribution is -2.28. The van der Waals surface area contributed by atoms with E-state index in [9.17, 15) is 0 Å². The van der Waals surface area contributed by atoms with Gasteiger partial charge in [-0.3, -0.25) is 9.67 Å². The lowest BCUT2D eigenvalue weighted by Gasteiger charge is -2.22. The van der Waals surface area contributed by atoms with Gasteiger partial charge in [0.2, 0.25) is 0 Å². The highest BCUT2D eigenvalue weighted by atomic mass is 79.9. The van der Waals surface area contributed by atoms with Crippen molar-refractivity contribution in [2.45, 2.75) is 13.0 Å². The average molecular weight is 550 g/mol. The molecule has 1 atom stereocenters. The maximum Gasteiger partial charge on any atom is 0.156 e. The molecular weight excluding hydrogens is 525 g/mol. The van der Waals surface area contributed by atoms with E-state index in [-0.39, 0.29) is 11.8 Å². The number of benzene rings is 2. The average Bonchev–Trinajstić information content (AvgIpc) is 3.28. The van der Waals surface area contributed by atoms with Gasteiger partial charge >= 0.3 is 0 Å². The molecule has 0 aliphatic rings. The van der Waals surface area contributed by atoms with Crippen molar-refractivity contribution in [2.75, 3.05) is 26.0 Å². The molecule has 3 heterocycles. The van der Waals surface area contributed by atoms with E-state index in [4.69, 9.17) is 4.74 Å². The summed E-state index contributed by atoms with van der Waals surface area (Å²) in [5.41, 5.74) is 3.31. The number of anilines is 2. The summed E-state index contributed by atoms with van der Waals surface area (Å²) in [5, 5.41) is 8.55. The minimum Gasteiger partial charge on any atom is -0.489 e. The van der Waals surface area contributed by atoms with E-state index >= 15 is 4.39 Å². The first-order chi connectivity index (χ1) is 17.3. The predicted octanol–water partition coefficient (Wildman–Crippen LogP) is 5.55. The number of nitrogens with one attached hydrogen (secondary N) is 1. The Balaban J connectivity index is 1.68. The van der Waals surface area contributed by atoms with Crippen LogP contribution in [0.5, 0.6) is 5.75 Å². The predicted molar refractivity (Wildman–Crippen MR) is 143 cm³/mol. The van der Waals surface area contributed by atoms with E-state index < -0.39 is 5.82 Å². The smallest absolute Gasteiger partial charge is 0.156 e. The Bertz CT molecular complexity index is 1570. The molecule has 0 saturated carbocycles. The molecule has 2 aromatic carbocycles. The molecule has 10 heteroatoms. The largest absolute Gasteiger partial charge is 0.489 e. The molecule has 0 unspecified atom stereocenters. The van der Waals surface area contributed by atoms with Crippen LogP contribution in [0.2, 0.25) is 0 Å². The van der Waals surface area contributed by atoms with Gasteiger partial charge in [0.1, 0.15) is 24.0 Å². The van der Waals surface area contributed by atoms with Crippen LogP contribution in [0.25, 0.3) is 32.9 Å². The minimum absolute atomic E-state index is 0.123. The van der Waals surface area contributed by atoms with Gasteiger partial charge in [0.05, 0.1) is 32.8 Å².